The first kappa shape index (κ1) is 56.5. The van der Waals surface area contributed by atoms with E-state index in [9.17, 15) is 39.8 Å². The highest BCUT2D eigenvalue weighted by Gasteiger charge is 2.51. The molecule has 0 amide bonds. The first-order valence-corrected chi connectivity index (χ1v) is 24.4. The second-order valence-corrected chi connectivity index (χ2v) is 16.9. The number of phosphoric acid groups is 1. The van der Waals surface area contributed by atoms with Crippen LogP contribution in [-0.2, 0) is 27.9 Å². The summed E-state index contributed by atoms with van der Waals surface area (Å²) in [5.74, 6) is -0.509. The molecule has 6 unspecified atom stereocenters. The van der Waals surface area contributed by atoms with Crippen molar-refractivity contribution in [1.29, 1.82) is 0 Å². The lowest BCUT2D eigenvalue weighted by Crippen LogP contribution is -2.64. The minimum Gasteiger partial charge on any atom is -0.457 e. The zero-order valence-electron chi connectivity index (χ0n) is 37.2. The van der Waals surface area contributed by atoms with Crippen LogP contribution in [0.1, 0.15) is 149 Å². The van der Waals surface area contributed by atoms with Crippen LogP contribution in [-0.4, -0.2) is 98.9 Å². The molecule has 0 aliphatic heterocycles. The van der Waals surface area contributed by atoms with E-state index in [0.717, 1.165) is 103 Å². The molecule has 0 spiro atoms. The van der Waals surface area contributed by atoms with Gasteiger partial charge in [0.25, 0.3) is 0 Å². The molecule has 0 aromatic rings. The summed E-state index contributed by atoms with van der Waals surface area (Å²) in [5, 5.41) is 50.1. The minimum absolute atomic E-state index is 0.0971. The fourth-order valence-electron chi connectivity index (χ4n) is 6.36. The van der Waals surface area contributed by atoms with Gasteiger partial charge in [0.1, 0.15) is 42.7 Å². The molecule has 6 atom stereocenters. The molecule has 1 saturated carbocycles. The van der Waals surface area contributed by atoms with Gasteiger partial charge < -0.3 is 39.9 Å². The molecule has 6 N–H and O–H groups in total. The van der Waals surface area contributed by atoms with Gasteiger partial charge in [-0.2, -0.15) is 0 Å². The van der Waals surface area contributed by atoms with E-state index in [-0.39, 0.29) is 13.0 Å². The molecular weight excluding hydrogens is 799 g/mol. The summed E-state index contributed by atoms with van der Waals surface area (Å²) in [6.45, 7) is 4.02. The van der Waals surface area contributed by atoms with Gasteiger partial charge in [0.15, 0.2) is 0 Å². The van der Waals surface area contributed by atoms with Crippen molar-refractivity contribution in [2.24, 2.45) is 0 Å². The van der Waals surface area contributed by atoms with Gasteiger partial charge in [0.2, 0.25) is 0 Å². The van der Waals surface area contributed by atoms with Gasteiger partial charge in [-0.15, -0.1) is 0 Å². The first-order chi connectivity index (χ1) is 29.5. The van der Waals surface area contributed by atoms with Crippen molar-refractivity contribution in [2.75, 3.05) is 19.8 Å². The first-order valence-electron chi connectivity index (χ1n) is 22.9. The highest BCUT2D eigenvalue weighted by Crippen LogP contribution is 2.47. The molecule has 1 rings (SSSR count). The lowest BCUT2D eigenvalue weighted by molar-refractivity contribution is -0.220. The van der Waals surface area contributed by atoms with Gasteiger partial charge in [0, 0.05) is 13.0 Å². The van der Waals surface area contributed by atoms with E-state index in [2.05, 4.69) is 98.9 Å². The van der Waals surface area contributed by atoms with Gasteiger partial charge in [-0.3, -0.25) is 13.8 Å². The Kier molecular flexibility index (Phi) is 35.2. The number of hydrogen-bond donors (Lipinski definition) is 6. The maximum Gasteiger partial charge on any atom is 0.472 e. The second kappa shape index (κ2) is 38.0. The molecule has 13 heteroatoms. The van der Waals surface area contributed by atoms with Crippen LogP contribution in [0.25, 0.3) is 0 Å². The Bertz CT molecular complexity index is 1330. The number of carbonyl (C=O) groups excluding carboxylic acids is 1. The third-order valence-corrected chi connectivity index (χ3v) is 11.0. The number of aliphatic hydroxyl groups excluding tert-OH is 5. The van der Waals surface area contributed by atoms with Crippen LogP contribution in [0.15, 0.2) is 85.1 Å². The Morgan fingerprint density at radius 1 is 0.541 bits per heavy atom. The molecule has 12 nitrogen and oxygen atoms in total. The van der Waals surface area contributed by atoms with Crippen molar-refractivity contribution in [3.05, 3.63) is 85.1 Å². The standard InChI is InChI=1S/C48H81O12P/c1-3-5-7-9-11-13-15-16-17-18-19-20-21-22-23-24-25-26-27-29-31-33-35-37-42(49)59-41(39-57-38-36-34-32-30-28-14-12-10-8-6-4-2)40-58-61(55,56)60-48-46(53)44(51)43(50)45(52)47(48)54/h5,7-8,10-11,13,16-17,19-20,22-23,25-26,41,43-48,50-54H,3-4,6,9,12,14-15,18,21,24,27-40H2,1-2H3,(H,55,56)/b7-5-,10-8-,13-11-,17-16-,20-19-,23-22-,26-25-. The highest BCUT2D eigenvalue weighted by atomic mass is 31.2. The average Bonchev–Trinajstić information content (AvgIpc) is 3.24. The zero-order chi connectivity index (χ0) is 44.8. The molecule has 0 aromatic heterocycles. The van der Waals surface area contributed by atoms with Gasteiger partial charge in [-0.1, -0.05) is 144 Å². The van der Waals surface area contributed by atoms with Crippen molar-refractivity contribution < 1.29 is 58.3 Å². The predicted octanol–water partition coefficient (Wildman–Crippen LogP) is 9.36. The number of unbranched alkanes of at least 4 members (excludes halogenated alkanes) is 11. The van der Waals surface area contributed by atoms with Crippen LogP contribution in [0.2, 0.25) is 0 Å². The second-order valence-electron chi connectivity index (χ2n) is 15.5. The smallest absolute Gasteiger partial charge is 0.457 e. The van der Waals surface area contributed by atoms with E-state index < -0.39 is 63.1 Å². The third-order valence-electron chi connectivity index (χ3n) is 9.98. The van der Waals surface area contributed by atoms with E-state index in [4.69, 9.17) is 18.5 Å². The molecule has 0 aromatic carbocycles. The Morgan fingerprint density at radius 2 is 0.967 bits per heavy atom. The van der Waals surface area contributed by atoms with Gasteiger partial charge in [0.05, 0.1) is 13.2 Å². The van der Waals surface area contributed by atoms with Crippen molar-refractivity contribution in [3.8, 4) is 0 Å². The Labute approximate surface area is 367 Å². The normalized spacial score (nSPS) is 23.0. The largest absolute Gasteiger partial charge is 0.472 e. The molecule has 1 aliphatic rings. The zero-order valence-corrected chi connectivity index (χ0v) is 38.1. The van der Waals surface area contributed by atoms with Crippen LogP contribution in [0.4, 0.5) is 0 Å². The predicted molar refractivity (Wildman–Crippen MR) is 244 cm³/mol. The van der Waals surface area contributed by atoms with E-state index in [1.807, 2.05) is 0 Å². The summed E-state index contributed by atoms with van der Waals surface area (Å²) < 4.78 is 34.1. The van der Waals surface area contributed by atoms with Crippen molar-refractivity contribution in [3.63, 3.8) is 0 Å². The Balaban J connectivity index is 2.40. The Hall–Kier alpha value is -2.48. The molecule has 1 aliphatic carbocycles. The molecule has 1 fully saturated rings. The van der Waals surface area contributed by atoms with E-state index in [0.29, 0.717) is 13.0 Å². The number of aliphatic hydroxyl groups is 5. The summed E-state index contributed by atoms with van der Waals surface area (Å²) in [6, 6.07) is 0. The van der Waals surface area contributed by atoms with E-state index in [1.165, 1.54) is 19.3 Å². The number of allylic oxidation sites excluding steroid dienone is 14. The monoisotopic (exact) mass is 881 g/mol. The number of rotatable bonds is 37. The van der Waals surface area contributed by atoms with Crippen LogP contribution < -0.4 is 0 Å². The highest BCUT2D eigenvalue weighted by molar-refractivity contribution is 7.47. The van der Waals surface area contributed by atoms with Crippen molar-refractivity contribution >= 4 is 13.8 Å². The minimum atomic E-state index is -5.03. The van der Waals surface area contributed by atoms with E-state index in [1.54, 1.807) is 0 Å². The van der Waals surface area contributed by atoms with Gasteiger partial charge in [-0.25, -0.2) is 4.57 Å². The summed E-state index contributed by atoms with van der Waals surface area (Å²) in [6.07, 6.45) is 38.0. The quantitative estimate of drug-likeness (QED) is 0.0150. The molecule has 61 heavy (non-hydrogen) atoms. The summed E-state index contributed by atoms with van der Waals surface area (Å²) >= 11 is 0. The molecule has 0 heterocycles. The lowest BCUT2D eigenvalue weighted by atomic mass is 9.85. The number of ether oxygens (including phenoxy) is 2. The van der Waals surface area contributed by atoms with Crippen LogP contribution >= 0.6 is 7.82 Å². The topological polar surface area (TPSA) is 192 Å². The molecular formula is C48H81O12P. The maximum absolute atomic E-state index is 12.8. The summed E-state index contributed by atoms with van der Waals surface area (Å²) in [5.41, 5.74) is 0. The van der Waals surface area contributed by atoms with Crippen LogP contribution in [0.3, 0.4) is 0 Å². The van der Waals surface area contributed by atoms with Crippen molar-refractivity contribution in [2.45, 2.75) is 191 Å². The fraction of sp³-hybridized carbons (Fsp3) is 0.688. The molecule has 0 radical (unpaired) electrons. The summed E-state index contributed by atoms with van der Waals surface area (Å²) in [7, 11) is -5.03. The van der Waals surface area contributed by atoms with E-state index >= 15 is 0 Å². The van der Waals surface area contributed by atoms with Gasteiger partial charge in [-0.05, 0) is 83.5 Å². The molecule has 350 valence electrons. The number of esters is 1. The average molecular weight is 881 g/mol. The maximum atomic E-state index is 12.8. The third kappa shape index (κ3) is 30.3. The molecule has 0 saturated heterocycles. The number of hydrogen-bond acceptors (Lipinski definition) is 11. The molecule has 0 bridgehead atoms. The fourth-order valence-corrected chi connectivity index (χ4v) is 7.33. The van der Waals surface area contributed by atoms with Crippen molar-refractivity contribution in [1.82, 2.24) is 0 Å². The summed E-state index contributed by atoms with van der Waals surface area (Å²) in [4.78, 5) is 23.1. The number of phosphoric ester groups is 1. The Morgan fingerprint density at radius 3 is 1.49 bits per heavy atom. The number of carbonyl (C=O) groups is 1. The van der Waals surface area contributed by atoms with Crippen LogP contribution in [0, 0.1) is 0 Å². The van der Waals surface area contributed by atoms with Crippen LogP contribution in [0.5, 0.6) is 0 Å². The van der Waals surface area contributed by atoms with Gasteiger partial charge >= 0.3 is 13.8 Å². The SMILES string of the molecule is CC/C=C\C/C=C\C/C=C\C/C=C\C/C=C\C/C=C\CCCCCCC(=O)OC(COCCCCCCCC/C=C\CCC)COP(=O)(O)OC1C(O)C(O)C(O)C(O)C1O. The lowest BCUT2D eigenvalue weighted by Gasteiger charge is -2.41.